The van der Waals surface area contributed by atoms with E-state index in [-0.39, 0.29) is 0 Å². The molecule has 0 spiro atoms. The van der Waals surface area contributed by atoms with Gasteiger partial charge < -0.3 is 4.98 Å². The van der Waals surface area contributed by atoms with Crippen molar-refractivity contribution >= 4 is 22.9 Å². The number of aromatic nitrogens is 4. The Balaban J connectivity index is 2.37. The number of rotatable bonds is 3. The zero-order chi connectivity index (χ0) is 9.10. The van der Waals surface area contributed by atoms with E-state index < -0.39 is 0 Å². The van der Waals surface area contributed by atoms with Crippen molar-refractivity contribution in [1.82, 2.24) is 19.9 Å². The third-order valence-corrected chi connectivity index (χ3v) is 2.81. The molecule has 2 heterocycles. The van der Waals surface area contributed by atoms with E-state index in [9.17, 15) is 0 Å². The minimum atomic E-state index is 0.814. The van der Waals surface area contributed by atoms with E-state index >= 15 is 0 Å². The van der Waals surface area contributed by atoms with Crippen molar-refractivity contribution in [2.75, 3.05) is 5.75 Å². The van der Waals surface area contributed by atoms with E-state index in [1.165, 1.54) is 0 Å². The summed E-state index contributed by atoms with van der Waals surface area (Å²) in [7, 11) is 0. The van der Waals surface area contributed by atoms with Gasteiger partial charge in [-0.05, 0) is 12.2 Å². The van der Waals surface area contributed by atoms with Crippen molar-refractivity contribution in [1.29, 1.82) is 0 Å². The lowest BCUT2D eigenvalue weighted by atomic mass is 10.6. The van der Waals surface area contributed by atoms with E-state index in [2.05, 4.69) is 26.9 Å². The summed E-state index contributed by atoms with van der Waals surface area (Å²) in [6.45, 7) is 2.15. The van der Waals surface area contributed by atoms with Crippen molar-refractivity contribution in [3.63, 3.8) is 0 Å². The van der Waals surface area contributed by atoms with Gasteiger partial charge in [-0.1, -0.05) is 6.92 Å². The van der Waals surface area contributed by atoms with Gasteiger partial charge in [0.25, 0.3) is 0 Å². The van der Waals surface area contributed by atoms with Gasteiger partial charge >= 0.3 is 0 Å². The smallest absolute Gasteiger partial charge is 0.161 e. The first-order valence-corrected chi connectivity index (χ1v) is 5.17. The monoisotopic (exact) mass is 194 g/mol. The molecule has 0 amide bonds. The number of hydrogen-bond acceptors (Lipinski definition) is 4. The molecule has 0 saturated heterocycles. The van der Waals surface area contributed by atoms with Crippen molar-refractivity contribution in [2.45, 2.75) is 18.4 Å². The summed E-state index contributed by atoms with van der Waals surface area (Å²) in [5.74, 6) is 1.07. The second-order valence-electron chi connectivity index (χ2n) is 2.63. The predicted octanol–water partition coefficient (Wildman–Crippen LogP) is 1.85. The van der Waals surface area contributed by atoms with Crippen LogP contribution in [0.4, 0.5) is 0 Å². The lowest BCUT2D eigenvalue weighted by molar-refractivity contribution is 1.06. The molecule has 4 nitrogen and oxygen atoms in total. The summed E-state index contributed by atoms with van der Waals surface area (Å²) in [5.41, 5.74) is 1.69. The molecule has 0 fully saturated rings. The molecule has 5 heteroatoms. The molecule has 0 aromatic carbocycles. The number of imidazole rings is 1. The summed E-state index contributed by atoms with van der Waals surface area (Å²) >= 11 is 1.72. The Morgan fingerprint density at radius 2 is 2.31 bits per heavy atom. The molecule has 0 radical (unpaired) electrons. The van der Waals surface area contributed by atoms with Crippen molar-refractivity contribution in [3.05, 3.63) is 12.7 Å². The molecule has 2 rings (SSSR count). The highest BCUT2D eigenvalue weighted by Gasteiger charge is 2.04. The molecule has 0 atom stereocenters. The van der Waals surface area contributed by atoms with E-state index in [1.54, 1.807) is 24.4 Å². The van der Waals surface area contributed by atoms with Gasteiger partial charge in [-0.25, -0.2) is 15.0 Å². The lowest BCUT2D eigenvalue weighted by Crippen LogP contribution is -1.86. The third kappa shape index (κ3) is 1.65. The molecule has 2 aromatic heterocycles. The molecule has 0 bridgehead atoms. The standard InChI is InChI=1S/C8H10N4S/c1-2-3-13-8-6-7(10-4-9-6)11-5-12-8/h4-5H,2-3H2,1H3,(H,9,10,11,12). The molecule has 0 aliphatic heterocycles. The molecule has 0 saturated carbocycles. The quantitative estimate of drug-likeness (QED) is 0.598. The summed E-state index contributed by atoms with van der Waals surface area (Å²) in [6, 6.07) is 0. The lowest BCUT2D eigenvalue weighted by Gasteiger charge is -1.97. The molecule has 68 valence electrons. The fraction of sp³-hybridized carbons (Fsp3) is 0.375. The first kappa shape index (κ1) is 8.50. The maximum absolute atomic E-state index is 4.19. The zero-order valence-electron chi connectivity index (χ0n) is 7.32. The number of hydrogen-bond donors (Lipinski definition) is 1. The largest absolute Gasteiger partial charge is 0.329 e. The Labute approximate surface area is 80.2 Å². The van der Waals surface area contributed by atoms with Crippen LogP contribution in [-0.2, 0) is 0 Å². The first-order chi connectivity index (χ1) is 6.42. The maximum Gasteiger partial charge on any atom is 0.161 e. The Morgan fingerprint density at radius 1 is 1.38 bits per heavy atom. The van der Waals surface area contributed by atoms with Gasteiger partial charge in [-0.2, -0.15) is 0 Å². The van der Waals surface area contributed by atoms with Crippen LogP contribution < -0.4 is 0 Å². The van der Waals surface area contributed by atoms with Crippen LogP contribution in [0, 0.1) is 0 Å². The summed E-state index contributed by atoms with van der Waals surface area (Å²) < 4.78 is 0. The molecule has 2 aromatic rings. The van der Waals surface area contributed by atoms with Gasteiger partial charge in [-0.15, -0.1) is 11.8 Å². The molecular formula is C8H10N4S. The number of nitrogens with zero attached hydrogens (tertiary/aromatic N) is 3. The number of fused-ring (bicyclic) bond motifs is 1. The van der Waals surface area contributed by atoms with E-state index in [4.69, 9.17) is 0 Å². The Morgan fingerprint density at radius 3 is 3.15 bits per heavy atom. The van der Waals surface area contributed by atoms with E-state index in [0.717, 1.165) is 28.4 Å². The Hall–Kier alpha value is -1.10. The van der Waals surface area contributed by atoms with Crippen LogP contribution in [0.5, 0.6) is 0 Å². The Kier molecular flexibility index (Phi) is 2.44. The van der Waals surface area contributed by atoms with Crippen LogP contribution in [0.1, 0.15) is 13.3 Å². The minimum Gasteiger partial charge on any atom is -0.329 e. The topological polar surface area (TPSA) is 54.5 Å². The zero-order valence-corrected chi connectivity index (χ0v) is 8.14. The van der Waals surface area contributed by atoms with Gasteiger partial charge in [0.15, 0.2) is 5.65 Å². The van der Waals surface area contributed by atoms with Crippen molar-refractivity contribution in [3.8, 4) is 0 Å². The van der Waals surface area contributed by atoms with Gasteiger partial charge in [0.1, 0.15) is 16.9 Å². The molecule has 1 N–H and O–H groups in total. The number of nitrogens with one attached hydrogen (secondary N) is 1. The van der Waals surface area contributed by atoms with Gasteiger partial charge in [0.05, 0.1) is 6.33 Å². The molecule has 0 aliphatic carbocycles. The van der Waals surface area contributed by atoms with Crippen LogP contribution in [0.2, 0.25) is 0 Å². The van der Waals surface area contributed by atoms with Crippen LogP contribution >= 0.6 is 11.8 Å². The van der Waals surface area contributed by atoms with Crippen LogP contribution in [0.15, 0.2) is 17.7 Å². The highest BCUT2D eigenvalue weighted by molar-refractivity contribution is 7.99. The maximum atomic E-state index is 4.19. The van der Waals surface area contributed by atoms with Gasteiger partial charge in [-0.3, -0.25) is 0 Å². The van der Waals surface area contributed by atoms with E-state index in [0.29, 0.717) is 0 Å². The third-order valence-electron chi connectivity index (χ3n) is 1.63. The average molecular weight is 194 g/mol. The molecule has 0 unspecified atom stereocenters. The number of aromatic amines is 1. The normalized spacial score (nSPS) is 10.8. The van der Waals surface area contributed by atoms with Gasteiger partial charge in [0.2, 0.25) is 0 Å². The van der Waals surface area contributed by atoms with Crippen molar-refractivity contribution in [2.24, 2.45) is 0 Å². The predicted molar refractivity (Wildman–Crippen MR) is 52.7 cm³/mol. The molecular weight excluding hydrogens is 184 g/mol. The second-order valence-corrected chi connectivity index (χ2v) is 3.71. The van der Waals surface area contributed by atoms with Crippen LogP contribution in [0.3, 0.4) is 0 Å². The fourth-order valence-electron chi connectivity index (χ4n) is 1.05. The van der Waals surface area contributed by atoms with E-state index in [1.807, 2.05) is 0 Å². The molecule has 0 aliphatic rings. The number of H-pyrrole nitrogens is 1. The second kappa shape index (κ2) is 3.74. The Bertz CT molecular complexity index is 398. The number of thioether (sulfide) groups is 1. The summed E-state index contributed by atoms with van der Waals surface area (Å²) in [6.07, 6.45) is 4.36. The average Bonchev–Trinajstić information content (AvgIpc) is 2.62. The van der Waals surface area contributed by atoms with Gasteiger partial charge in [0, 0.05) is 0 Å². The highest BCUT2D eigenvalue weighted by Crippen LogP contribution is 2.21. The van der Waals surface area contributed by atoms with Crippen LogP contribution in [-0.4, -0.2) is 25.7 Å². The van der Waals surface area contributed by atoms with Crippen molar-refractivity contribution < 1.29 is 0 Å². The SMILES string of the molecule is CCCSc1ncnc2[nH]cnc12. The fourth-order valence-corrected chi connectivity index (χ4v) is 1.85. The first-order valence-electron chi connectivity index (χ1n) is 4.18. The van der Waals surface area contributed by atoms with Crippen LogP contribution in [0.25, 0.3) is 11.2 Å². The molecule has 13 heavy (non-hydrogen) atoms. The summed E-state index contributed by atoms with van der Waals surface area (Å²) in [4.78, 5) is 15.4. The minimum absolute atomic E-state index is 0.814. The highest BCUT2D eigenvalue weighted by atomic mass is 32.2. The summed E-state index contributed by atoms with van der Waals surface area (Å²) in [5, 5.41) is 0.966.